The molecule has 3 aliphatic rings. The smallest absolute Gasteiger partial charge is 0.229 e. The van der Waals surface area contributed by atoms with Crippen molar-refractivity contribution in [3.8, 4) is 0 Å². The number of piperidine rings is 1. The zero-order valence-corrected chi connectivity index (χ0v) is 22.8. The number of aromatic nitrogens is 2. The first kappa shape index (κ1) is 24.8. The lowest BCUT2D eigenvalue weighted by Crippen LogP contribution is -2.35. The third-order valence-electron chi connectivity index (χ3n) is 8.03. The Labute approximate surface area is 222 Å². The lowest BCUT2D eigenvalue weighted by Gasteiger charge is -2.28. The number of aryl methyl sites for hydroxylation is 2. The van der Waals surface area contributed by atoms with E-state index in [1.807, 2.05) is 0 Å². The molecule has 0 bridgehead atoms. The number of likely N-dealkylation sites (tertiary alicyclic amines) is 1. The van der Waals surface area contributed by atoms with E-state index in [0.29, 0.717) is 33.8 Å². The molecule has 2 heterocycles. The number of benzene rings is 2. The number of anilines is 4. The minimum Gasteiger partial charge on any atom is -0.338 e. The highest BCUT2D eigenvalue weighted by Gasteiger charge is 2.48. The van der Waals surface area contributed by atoms with Crippen molar-refractivity contribution < 1.29 is 8.96 Å². The van der Waals surface area contributed by atoms with Gasteiger partial charge in [0.05, 0.1) is 11.9 Å². The number of fused-ring (bicyclic) bond motifs is 2. The minimum atomic E-state index is -2.74. The molecule has 2 N–H and O–H groups in total. The Hall–Kier alpha value is -2.47. The van der Waals surface area contributed by atoms with Crippen LogP contribution in [0, 0.1) is 11.7 Å². The highest BCUT2D eigenvalue weighted by atomic mass is 35.5. The molecule has 2 fully saturated rings. The summed E-state index contributed by atoms with van der Waals surface area (Å²) >= 11 is 6.38. The van der Waals surface area contributed by atoms with Crippen LogP contribution in [0.2, 0.25) is 5.02 Å². The zero-order valence-electron chi connectivity index (χ0n) is 21.2. The Morgan fingerprint density at radius 2 is 1.86 bits per heavy atom. The minimum absolute atomic E-state index is 0.315. The van der Waals surface area contributed by atoms with Crippen LogP contribution in [0.3, 0.4) is 0 Å². The summed E-state index contributed by atoms with van der Waals surface area (Å²) in [6.45, 7) is 4.49. The van der Waals surface area contributed by atoms with Crippen molar-refractivity contribution >= 4 is 47.2 Å². The van der Waals surface area contributed by atoms with Crippen LogP contribution in [0.25, 0.3) is 0 Å². The van der Waals surface area contributed by atoms with Crippen molar-refractivity contribution in [3.05, 3.63) is 64.6 Å². The molecule has 1 aromatic heterocycles. The van der Waals surface area contributed by atoms with Gasteiger partial charge in [-0.2, -0.15) is 4.98 Å². The van der Waals surface area contributed by atoms with E-state index >= 15 is 0 Å². The van der Waals surface area contributed by atoms with E-state index in [0.717, 1.165) is 30.5 Å². The summed E-state index contributed by atoms with van der Waals surface area (Å²) < 4.78 is 26.6. The first-order valence-electron chi connectivity index (χ1n) is 13.0. The first-order chi connectivity index (χ1) is 17.7. The Morgan fingerprint density at radius 1 is 1.05 bits per heavy atom. The van der Waals surface area contributed by atoms with E-state index in [1.54, 1.807) is 19.4 Å². The second-order valence-corrected chi connectivity index (χ2v) is 14.5. The lowest BCUT2D eigenvalue weighted by molar-refractivity contribution is 0.195. The molecule has 0 radical (unpaired) electrons. The van der Waals surface area contributed by atoms with Crippen molar-refractivity contribution in [1.29, 1.82) is 0 Å². The van der Waals surface area contributed by atoms with Crippen LogP contribution in [-0.4, -0.2) is 46.8 Å². The largest absolute Gasteiger partial charge is 0.338 e. The topological polar surface area (TPSA) is 70.2 Å². The fourth-order valence-corrected chi connectivity index (χ4v) is 7.29. The summed E-state index contributed by atoms with van der Waals surface area (Å²) in [5, 5.41) is 7.17. The molecular formula is C28H32ClFN5OP. The van der Waals surface area contributed by atoms with Crippen LogP contribution in [0.4, 0.5) is 27.5 Å². The normalized spacial score (nSPS) is 23.2. The Morgan fingerprint density at radius 3 is 2.59 bits per heavy atom. The highest BCUT2D eigenvalue weighted by Crippen LogP contribution is 2.46. The molecule has 2 aromatic carbocycles. The zero-order chi connectivity index (χ0) is 25.7. The number of halogens is 2. The number of nitrogens with zero attached hydrogens (tertiary/aromatic N) is 3. The molecule has 1 saturated carbocycles. The molecule has 0 amide bonds. The van der Waals surface area contributed by atoms with Gasteiger partial charge in [-0.3, -0.25) is 4.90 Å². The second kappa shape index (κ2) is 9.68. The van der Waals surface area contributed by atoms with E-state index in [2.05, 4.69) is 43.7 Å². The van der Waals surface area contributed by atoms with Gasteiger partial charge in [-0.15, -0.1) is 0 Å². The standard InChI is InChI=1S/C28H32ClFN5OP/c1-37(2,36)26-15-20(30)6-10-24(26)33-27-23(29)16-31-28(34-27)32-21-7-3-17-4-8-22(9-5-18(17)13-21)35-12-11-19-14-25(19)35/h3,6-7,10,13,15-16,19,22,25H,4-5,8-9,11-12,14H2,1-2H3,(H2,31,32,33,34). The maximum atomic E-state index is 13.9. The molecule has 6 rings (SSSR count). The molecule has 1 aliphatic heterocycles. The Kier molecular flexibility index (Phi) is 6.50. The summed E-state index contributed by atoms with van der Waals surface area (Å²) in [6, 6.07) is 12.3. The maximum Gasteiger partial charge on any atom is 0.229 e. The second-order valence-electron chi connectivity index (χ2n) is 11.0. The molecule has 3 unspecified atom stereocenters. The van der Waals surface area contributed by atoms with Crippen LogP contribution in [0.15, 0.2) is 42.6 Å². The molecule has 1 saturated heterocycles. The fourth-order valence-electron chi connectivity index (χ4n) is 6.01. The van der Waals surface area contributed by atoms with Crippen molar-refractivity contribution in [2.45, 2.75) is 50.6 Å². The van der Waals surface area contributed by atoms with Gasteiger partial charge in [-0.05, 0) is 106 Å². The monoisotopic (exact) mass is 539 g/mol. The van der Waals surface area contributed by atoms with Crippen LogP contribution >= 0.6 is 18.7 Å². The molecular weight excluding hydrogens is 508 g/mol. The van der Waals surface area contributed by atoms with Crippen LogP contribution in [0.1, 0.15) is 36.8 Å². The number of hydrogen-bond acceptors (Lipinski definition) is 6. The molecule has 2 aliphatic carbocycles. The van der Waals surface area contributed by atoms with E-state index < -0.39 is 13.0 Å². The van der Waals surface area contributed by atoms with Gasteiger partial charge >= 0.3 is 0 Å². The summed E-state index contributed by atoms with van der Waals surface area (Å²) in [6.07, 6.45) is 8.98. The van der Waals surface area contributed by atoms with Crippen LogP contribution in [-0.2, 0) is 17.4 Å². The molecule has 3 aromatic rings. The average Bonchev–Trinajstić information content (AvgIpc) is 3.57. The van der Waals surface area contributed by atoms with Crippen LogP contribution in [0.5, 0.6) is 0 Å². The summed E-state index contributed by atoms with van der Waals surface area (Å²) in [5.41, 5.74) is 4.27. The van der Waals surface area contributed by atoms with Gasteiger partial charge in [0, 0.05) is 23.1 Å². The third kappa shape index (κ3) is 5.27. The lowest BCUT2D eigenvalue weighted by atomic mass is 10.0. The summed E-state index contributed by atoms with van der Waals surface area (Å²) in [4.78, 5) is 11.7. The first-order valence-corrected chi connectivity index (χ1v) is 16.0. The van der Waals surface area contributed by atoms with Crippen molar-refractivity contribution in [2.24, 2.45) is 5.92 Å². The van der Waals surface area contributed by atoms with Crippen molar-refractivity contribution in [1.82, 2.24) is 14.9 Å². The third-order valence-corrected chi connectivity index (χ3v) is 9.84. The summed E-state index contributed by atoms with van der Waals surface area (Å²) in [7, 11) is -2.74. The molecule has 9 heteroatoms. The quantitative estimate of drug-likeness (QED) is 0.281. The maximum absolute atomic E-state index is 13.9. The molecule has 194 valence electrons. The van der Waals surface area contributed by atoms with Gasteiger partial charge in [-0.25, -0.2) is 9.37 Å². The van der Waals surface area contributed by atoms with Gasteiger partial charge in [-0.1, -0.05) is 17.7 Å². The van der Waals surface area contributed by atoms with Gasteiger partial charge in [0.25, 0.3) is 0 Å². The summed E-state index contributed by atoms with van der Waals surface area (Å²) in [5.74, 6) is 1.30. The predicted molar refractivity (Wildman–Crippen MR) is 149 cm³/mol. The van der Waals surface area contributed by atoms with Crippen molar-refractivity contribution in [3.63, 3.8) is 0 Å². The van der Waals surface area contributed by atoms with Gasteiger partial charge in [0.15, 0.2) is 5.82 Å². The highest BCUT2D eigenvalue weighted by molar-refractivity contribution is 7.70. The number of rotatable bonds is 6. The molecule has 3 atom stereocenters. The molecule has 6 nitrogen and oxygen atoms in total. The van der Waals surface area contributed by atoms with Crippen LogP contribution < -0.4 is 15.9 Å². The fraction of sp³-hybridized carbons (Fsp3) is 0.429. The Bertz CT molecular complexity index is 1390. The van der Waals surface area contributed by atoms with E-state index in [-0.39, 0.29) is 0 Å². The molecule has 0 spiro atoms. The van der Waals surface area contributed by atoms with Gasteiger partial charge in [0.2, 0.25) is 5.95 Å². The van der Waals surface area contributed by atoms with Crippen molar-refractivity contribution in [2.75, 3.05) is 30.5 Å². The number of hydrogen-bond donors (Lipinski definition) is 2. The SMILES string of the molecule is CP(C)(=O)c1cc(F)ccc1Nc1nc(Nc2ccc3c(c2)CCC(N2CCC4CC42)CC3)ncc1Cl. The van der Waals surface area contributed by atoms with E-state index in [4.69, 9.17) is 11.6 Å². The van der Waals surface area contributed by atoms with E-state index in [9.17, 15) is 8.96 Å². The number of nitrogens with one attached hydrogen (secondary N) is 2. The Balaban J connectivity index is 1.18. The molecule has 37 heavy (non-hydrogen) atoms. The van der Waals surface area contributed by atoms with Gasteiger partial charge < -0.3 is 15.2 Å². The average molecular weight is 540 g/mol. The van der Waals surface area contributed by atoms with E-state index in [1.165, 1.54) is 61.7 Å². The van der Waals surface area contributed by atoms with Gasteiger partial charge in [0.1, 0.15) is 18.0 Å². The predicted octanol–water partition coefficient (Wildman–Crippen LogP) is 6.35.